The molecule has 2 aliphatic carbocycles. The van der Waals surface area contributed by atoms with Crippen molar-refractivity contribution in [1.82, 2.24) is 4.90 Å². The van der Waals surface area contributed by atoms with Crippen LogP contribution < -0.4 is 0 Å². The predicted octanol–water partition coefficient (Wildman–Crippen LogP) is 3.19. The van der Waals surface area contributed by atoms with E-state index in [1.807, 2.05) is 6.92 Å². The van der Waals surface area contributed by atoms with Gasteiger partial charge in [-0.1, -0.05) is 19.3 Å². The van der Waals surface area contributed by atoms with E-state index in [1.165, 1.54) is 57.9 Å². The monoisotopic (exact) mass is 251 g/mol. The minimum atomic E-state index is -0.130. The fourth-order valence-electron chi connectivity index (χ4n) is 4.90. The molecule has 2 bridgehead atoms. The topological polar surface area (TPSA) is 23.5 Å². The molecule has 0 spiro atoms. The third kappa shape index (κ3) is 2.60. The molecule has 3 rings (SSSR count). The first-order valence-electron chi connectivity index (χ1n) is 8.18. The molecule has 0 radical (unpaired) electrons. The quantitative estimate of drug-likeness (QED) is 0.832. The molecule has 1 saturated heterocycles. The number of nitrogens with zero attached hydrogens (tertiary/aromatic N) is 1. The smallest absolute Gasteiger partial charge is 0.0527 e. The fraction of sp³-hybridized carbons (Fsp3) is 1.00. The van der Waals surface area contributed by atoms with E-state index in [1.54, 1.807) is 0 Å². The maximum Gasteiger partial charge on any atom is 0.0527 e. The summed E-state index contributed by atoms with van der Waals surface area (Å²) in [5.74, 6) is 2.03. The molecule has 1 N–H and O–H groups in total. The lowest BCUT2D eigenvalue weighted by Crippen LogP contribution is -2.46. The average molecular weight is 251 g/mol. The lowest BCUT2D eigenvalue weighted by molar-refractivity contribution is 0.0599. The van der Waals surface area contributed by atoms with E-state index in [4.69, 9.17) is 0 Å². The van der Waals surface area contributed by atoms with E-state index >= 15 is 0 Å². The van der Waals surface area contributed by atoms with Gasteiger partial charge in [-0.05, 0) is 63.8 Å². The Morgan fingerprint density at radius 3 is 2.67 bits per heavy atom. The standard InChI is InChI=1S/C16H29NO/c1-12(18)9-15-5-3-2-4-8-17(15)16-11-13-6-7-14(16)10-13/h12-16,18H,2-11H2,1H3. The number of rotatable bonds is 3. The van der Waals surface area contributed by atoms with E-state index in [0.717, 1.165) is 24.3 Å². The highest BCUT2D eigenvalue weighted by Crippen LogP contribution is 2.47. The zero-order chi connectivity index (χ0) is 12.5. The van der Waals surface area contributed by atoms with Crippen LogP contribution in [0.15, 0.2) is 0 Å². The molecule has 2 heteroatoms. The van der Waals surface area contributed by atoms with Gasteiger partial charge in [0, 0.05) is 12.1 Å². The summed E-state index contributed by atoms with van der Waals surface area (Å²) in [4.78, 5) is 2.82. The van der Waals surface area contributed by atoms with Crippen molar-refractivity contribution in [3.05, 3.63) is 0 Å². The fourth-order valence-corrected chi connectivity index (χ4v) is 4.90. The van der Waals surface area contributed by atoms with Crippen LogP contribution in [-0.2, 0) is 0 Å². The summed E-state index contributed by atoms with van der Waals surface area (Å²) in [6, 6.07) is 1.53. The van der Waals surface area contributed by atoms with Crippen molar-refractivity contribution in [3.8, 4) is 0 Å². The second-order valence-corrected chi connectivity index (χ2v) is 7.07. The largest absolute Gasteiger partial charge is 0.393 e. The van der Waals surface area contributed by atoms with E-state index < -0.39 is 0 Å². The van der Waals surface area contributed by atoms with Gasteiger partial charge in [0.05, 0.1) is 6.10 Å². The Labute approximate surface area is 112 Å². The Kier molecular flexibility index (Phi) is 3.95. The molecule has 3 fully saturated rings. The van der Waals surface area contributed by atoms with E-state index in [-0.39, 0.29) is 6.10 Å². The lowest BCUT2D eigenvalue weighted by Gasteiger charge is -2.40. The molecule has 0 amide bonds. The zero-order valence-corrected chi connectivity index (χ0v) is 11.9. The Morgan fingerprint density at radius 1 is 1.11 bits per heavy atom. The molecular weight excluding hydrogens is 222 g/mol. The minimum absolute atomic E-state index is 0.130. The molecule has 18 heavy (non-hydrogen) atoms. The zero-order valence-electron chi connectivity index (χ0n) is 11.9. The van der Waals surface area contributed by atoms with Gasteiger partial charge in [-0.2, -0.15) is 0 Å². The number of aliphatic hydroxyl groups is 1. The lowest BCUT2D eigenvalue weighted by atomic mass is 9.91. The van der Waals surface area contributed by atoms with Crippen LogP contribution >= 0.6 is 0 Å². The van der Waals surface area contributed by atoms with Crippen LogP contribution in [0.1, 0.15) is 64.7 Å². The molecule has 3 aliphatic rings. The molecule has 1 aliphatic heterocycles. The molecule has 0 aromatic carbocycles. The molecule has 0 aromatic heterocycles. The van der Waals surface area contributed by atoms with Crippen LogP contribution in [0.3, 0.4) is 0 Å². The van der Waals surface area contributed by atoms with Crippen LogP contribution in [0.5, 0.6) is 0 Å². The van der Waals surface area contributed by atoms with Crippen LogP contribution in [0, 0.1) is 11.8 Å². The van der Waals surface area contributed by atoms with Gasteiger partial charge in [-0.15, -0.1) is 0 Å². The van der Waals surface area contributed by atoms with Crippen LogP contribution in [-0.4, -0.2) is 34.7 Å². The van der Waals surface area contributed by atoms with Crippen LogP contribution in [0.25, 0.3) is 0 Å². The summed E-state index contributed by atoms with van der Waals surface area (Å²) >= 11 is 0. The maximum absolute atomic E-state index is 9.76. The predicted molar refractivity (Wildman–Crippen MR) is 74.5 cm³/mol. The first kappa shape index (κ1) is 12.9. The first-order valence-corrected chi connectivity index (χ1v) is 8.18. The number of fused-ring (bicyclic) bond motifs is 2. The van der Waals surface area contributed by atoms with Gasteiger partial charge >= 0.3 is 0 Å². The maximum atomic E-state index is 9.76. The van der Waals surface area contributed by atoms with E-state index in [9.17, 15) is 5.11 Å². The molecular formula is C16H29NO. The van der Waals surface area contributed by atoms with Gasteiger partial charge in [0.15, 0.2) is 0 Å². The van der Waals surface area contributed by atoms with Crippen molar-refractivity contribution < 1.29 is 5.11 Å². The molecule has 0 aromatic rings. The highest BCUT2D eigenvalue weighted by molar-refractivity contribution is 4.97. The van der Waals surface area contributed by atoms with Crippen LogP contribution in [0.4, 0.5) is 0 Å². The third-order valence-corrected chi connectivity index (χ3v) is 5.66. The van der Waals surface area contributed by atoms with Gasteiger partial charge in [-0.25, -0.2) is 0 Å². The van der Waals surface area contributed by atoms with Gasteiger partial charge in [0.25, 0.3) is 0 Å². The second kappa shape index (κ2) is 5.50. The Morgan fingerprint density at radius 2 is 2.00 bits per heavy atom. The summed E-state index contributed by atoms with van der Waals surface area (Å²) in [5.41, 5.74) is 0. The minimum Gasteiger partial charge on any atom is -0.393 e. The first-order chi connectivity index (χ1) is 8.74. The van der Waals surface area contributed by atoms with Crippen molar-refractivity contribution >= 4 is 0 Å². The van der Waals surface area contributed by atoms with Crippen molar-refractivity contribution in [2.75, 3.05) is 6.54 Å². The van der Waals surface area contributed by atoms with Crippen molar-refractivity contribution in [2.45, 2.75) is 82.9 Å². The van der Waals surface area contributed by atoms with Crippen molar-refractivity contribution in [2.24, 2.45) is 11.8 Å². The molecule has 1 heterocycles. The summed E-state index contributed by atoms with van der Waals surface area (Å²) in [7, 11) is 0. The van der Waals surface area contributed by atoms with Gasteiger partial charge < -0.3 is 5.11 Å². The summed E-state index contributed by atoms with van der Waals surface area (Å²) in [6.45, 7) is 3.26. The SMILES string of the molecule is CC(O)CC1CCCCCN1C1CC2CCC1C2. The van der Waals surface area contributed by atoms with Gasteiger partial charge in [-0.3, -0.25) is 4.90 Å². The molecule has 2 nitrogen and oxygen atoms in total. The third-order valence-electron chi connectivity index (χ3n) is 5.66. The highest BCUT2D eigenvalue weighted by atomic mass is 16.3. The Hall–Kier alpha value is -0.0800. The molecule has 2 saturated carbocycles. The second-order valence-electron chi connectivity index (χ2n) is 7.07. The number of hydrogen-bond donors (Lipinski definition) is 1. The Balaban J connectivity index is 1.69. The van der Waals surface area contributed by atoms with Gasteiger partial charge in [0.1, 0.15) is 0 Å². The van der Waals surface area contributed by atoms with Crippen LogP contribution in [0.2, 0.25) is 0 Å². The summed E-state index contributed by atoms with van der Waals surface area (Å²) in [6.07, 6.45) is 12.3. The normalized spacial score (nSPS) is 43.0. The number of aliphatic hydroxyl groups excluding tert-OH is 1. The van der Waals surface area contributed by atoms with Crippen molar-refractivity contribution in [1.29, 1.82) is 0 Å². The van der Waals surface area contributed by atoms with E-state index in [0.29, 0.717) is 6.04 Å². The molecule has 5 atom stereocenters. The van der Waals surface area contributed by atoms with E-state index in [2.05, 4.69) is 4.90 Å². The number of likely N-dealkylation sites (tertiary alicyclic amines) is 1. The number of hydrogen-bond acceptors (Lipinski definition) is 2. The van der Waals surface area contributed by atoms with Gasteiger partial charge in [0.2, 0.25) is 0 Å². The average Bonchev–Trinajstić information content (AvgIpc) is 2.88. The van der Waals surface area contributed by atoms with Crippen molar-refractivity contribution in [3.63, 3.8) is 0 Å². The summed E-state index contributed by atoms with van der Waals surface area (Å²) < 4.78 is 0. The highest BCUT2D eigenvalue weighted by Gasteiger charge is 2.44. The molecule has 104 valence electrons. The molecule has 5 unspecified atom stereocenters. The Bertz CT molecular complexity index is 278. The summed E-state index contributed by atoms with van der Waals surface area (Å²) in [5, 5.41) is 9.76.